The van der Waals surface area contributed by atoms with E-state index in [4.69, 9.17) is 4.74 Å². The van der Waals surface area contributed by atoms with E-state index >= 15 is 0 Å². The first-order valence-corrected chi connectivity index (χ1v) is 6.50. The Morgan fingerprint density at radius 2 is 1.80 bits per heavy atom. The highest BCUT2D eigenvalue weighted by atomic mass is 19.1. The number of benzene rings is 2. The smallest absolute Gasteiger partial charge is 0.129 e. The van der Waals surface area contributed by atoms with Crippen LogP contribution >= 0.6 is 0 Å². The van der Waals surface area contributed by atoms with Gasteiger partial charge in [-0.2, -0.15) is 0 Å². The lowest BCUT2D eigenvalue weighted by Gasteiger charge is -2.18. The molecule has 1 heterocycles. The highest BCUT2D eigenvalue weighted by molar-refractivity contribution is 5.37. The van der Waals surface area contributed by atoms with Crippen molar-refractivity contribution >= 4 is 0 Å². The van der Waals surface area contributed by atoms with Crippen LogP contribution in [0, 0.1) is 11.6 Å². The Labute approximate surface area is 115 Å². The molecule has 2 aromatic rings. The molecular formula is C16H14F2O2. The van der Waals surface area contributed by atoms with Gasteiger partial charge in [0.25, 0.3) is 0 Å². The van der Waals surface area contributed by atoms with Gasteiger partial charge in [0, 0.05) is 18.4 Å². The molecule has 1 aliphatic heterocycles. The van der Waals surface area contributed by atoms with Gasteiger partial charge >= 0.3 is 0 Å². The summed E-state index contributed by atoms with van der Waals surface area (Å²) >= 11 is 0. The van der Waals surface area contributed by atoms with Crippen LogP contribution in [0.1, 0.15) is 11.1 Å². The Morgan fingerprint density at radius 1 is 1.10 bits per heavy atom. The SMILES string of the molecule is OC(Cc1c(F)cccc1F)C1Cc2ccccc2O1. The zero-order valence-electron chi connectivity index (χ0n) is 10.7. The maximum absolute atomic E-state index is 13.6. The molecule has 3 rings (SSSR count). The van der Waals surface area contributed by atoms with Crippen LogP contribution in [-0.2, 0) is 12.8 Å². The average molecular weight is 276 g/mol. The molecule has 0 aromatic heterocycles. The number of para-hydroxylation sites is 1. The van der Waals surface area contributed by atoms with Crippen molar-refractivity contribution < 1.29 is 18.6 Å². The van der Waals surface area contributed by atoms with Crippen molar-refractivity contribution in [2.75, 3.05) is 0 Å². The summed E-state index contributed by atoms with van der Waals surface area (Å²) in [5.74, 6) is -0.551. The van der Waals surface area contributed by atoms with Crippen LogP contribution in [0.25, 0.3) is 0 Å². The molecule has 2 atom stereocenters. The molecule has 20 heavy (non-hydrogen) atoms. The van der Waals surface area contributed by atoms with Crippen LogP contribution in [0.2, 0.25) is 0 Å². The van der Waals surface area contributed by atoms with Crippen molar-refractivity contribution in [3.8, 4) is 5.75 Å². The minimum absolute atomic E-state index is 0.0976. The molecular weight excluding hydrogens is 262 g/mol. The van der Waals surface area contributed by atoms with Crippen molar-refractivity contribution in [2.24, 2.45) is 0 Å². The van der Waals surface area contributed by atoms with E-state index in [1.54, 1.807) is 0 Å². The van der Waals surface area contributed by atoms with Crippen LogP contribution in [0.5, 0.6) is 5.75 Å². The van der Waals surface area contributed by atoms with Crippen molar-refractivity contribution in [1.82, 2.24) is 0 Å². The third-order valence-corrected chi connectivity index (χ3v) is 3.58. The zero-order valence-corrected chi connectivity index (χ0v) is 10.7. The summed E-state index contributed by atoms with van der Waals surface area (Å²) in [6.07, 6.45) is -0.967. The summed E-state index contributed by atoms with van der Waals surface area (Å²) in [6, 6.07) is 11.2. The normalized spacial score (nSPS) is 18.4. The molecule has 1 aliphatic rings. The number of hydrogen-bond donors (Lipinski definition) is 1. The van der Waals surface area contributed by atoms with Gasteiger partial charge in [0.05, 0.1) is 6.10 Å². The predicted molar refractivity (Wildman–Crippen MR) is 70.6 cm³/mol. The van der Waals surface area contributed by atoms with Crippen LogP contribution < -0.4 is 4.74 Å². The number of fused-ring (bicyclic) bond motifs is 1. The van der Waals surface area contributed by atoms with Gasteiger partial charge in [0.2, 0.25) is 0 Å². The quantitative estimate of drug-likeness (QED) is 0.934. The Bertz CT molecular complexity index is 582. The number of aliphatic hydroxyl groups excluding tert-OH is 1. The molecule has 104 valence electrons. The van der Waals surface area contributed by atoms with E-state index in [1.807, 2.05) is 24.3 Å². The maximum atomic E-state index is 13.6. The van der Waals surface area contributed by atoms with E-state index in [1.165, 1.54) is 18.2 Å². The number of ether oxygens (including phenoxy) is 1. The fourth-order valence-corrected chi connectivity index (χ4v) is 2.49. The first-order chi connectivity index (χ1) is 9.65. The standard InChI is InChI=1S/C16H14F2O2/c17-12-5-3-6-13(18)11(12)9-14(19)16-8-10-4-1-2-7-15(10)20-16/h1-7,14,16,19H,8-9H2. The lowest BCUT2D eigenvalue weighted by Crippen LogP contribution is -2.32. The van der Waals surface area contributed by atoms with Crippen molar-refractivity contribution in [2.45, 2.75) is 25.0 Å². The number of aliphatic hydroxyl groups is 1. The Balaban J connectivity index is 1.74. The predicted octanol–water partition coefficient (Wildman–Crippen LogP) is 2.87. The summed E-state index contributed by atoms with van der Waals surface area (Å²) in [7, 11) is 0. The first kappa shape index (κ1) is 13.1. The Hall–Kier alpha value is -1.94. The molecule has 2 aromatic carbocycles. The molecule has 0 bridgehead atoms. The average Bonchev–Trinajstić information content (AvgIpc) is 2.87. The third kappa shape index (κ3) is 2.39. The fraction of sp³-hybridized carbons (Fsp3) is 0.250. The van der Waals surface area contributed by atoms with Gasteiger partial charge in [-0.25, -0.2) is 8.78 Å². The van der Waals surface area contributed by atoms with Crippen molar-refractivity contribution in [3.05, 3.63) is 65.2 Å². The van der Waals surface area contributed by atoms with Gasteiger partial charge in [-0.3, -0.25) is 0 Å². The molecule has 0 saturated heterocycles. The summed E-state index contributed by atoms with van der Waals surface area (Å²) in [4.78, 5) is 0. The van der Waals surface area contributed by atoms with E-state index in [2.05, 4.69) is 0 Å². The molecule has 0 amide bonds. The molecule has 2 unspecified atom stereocenters. The highest BCUT2D eigenvalue weighted by Crippen LogP contribution is 2.30. The van der Waals surface area contributed by atoms with Crippen molar-refractivity contribution in [3.63, 3.8) is 0 Å². The molecule has 0 fully saturated rings. The van der Waals surface area contributed by atoms with E-state index in [-0.39, 0.29) is 12.0 Å². The first-order valence-electron chi connectivity index (χ1n) is 6.50. The lowest BCUT2D eigenvalue weighted by atomic mass is 9.99. The number of hydrogen-bond acceptors (Lipinski definition) is 2. The van der Waals surface area contributed by atoms with E-state index in [0.717, 1.165) is 11.3 Å². The second kappa shape index (κ2) is 5.21. The van der Waals surface area contributed by atoms with E-state index in [9.17, 15) is 13.9 Å². The highest BCUT2D eigenvalue weighted by Gasteiger charge is 2.30. The van der Waals surface area contributed by atoms with Crippen LogP contribution in [-0.4, -0.2) is 17.3 Å². The third-order valence-electron chi connectivity index (χ3n) is 3.58. The molecule has 2 nitrogen and oxygen atoms in total. The number of rotatable bonds is 3. The van der Waals surface area contributed by atoms with Gasteiger partial charge in [-0.1, -0.05) is 24.3 Å². The molecule has 0 saturated carbocycles. The number of halogens is 2. The van der Waals surface area contributed by atoms with Crippen molar-refractivity contribution in [1.29, 1.82) is 0 Å². The molecule has 0 radical (unpaired) electrons. The monoisotopic (exact) mass is 276 g/mol. The van der Waals surface area contributed by atoms with Gasteiger partial charge in [-0.15, -0.1) is 0 Å². The molecule has 0 aliphatic carbocycles. The summed E-state index contributed by atoms with van der Waals surface area (Å²) in [5.41, 5.74) is 0.908. The topological polar surface area (TPSA) is 29.5 Å². The second-order valence-corrected chi connectivity index (χ2v) is 4.94. The zero-order chi connectivity index (χ0) is 14.1. The van der Waals surface area contributed by atoms with Gasteiger partial charge in [0.1, 0.15) is 23.5 Å². The summed E-state index contributed by atoms with van der Waals surface area (Å²) < 4.78 is 32.8. The Morgan fingerprint density at radius 3 is 2.50 bits per heavy atom. The van der Waals surface area contributed by atoms with Gasteiger partial charge in [-0.05, 0) is 23.8 Å². The molecule has 0 spiro atoms. The van der Waals surface area contributed by atoms with Gasteiger partial charge < -0.3 is 9.84 Å². The summed E-state index contributed by atoms with van der Waals surface area (Å²) in [6.45, 7) is 0. The van der Waals surface area contributed by atoms with Gasteiger partial charge in [0.15, 0.2) is 0 Å². The fourth-order valence-electron chi connectivity index (χ4n) is 2.49. The molecule has 4 heteroatoms. The minimum Gasteiger partial charge on any atom is -0.487 e. The van der Waals surface area contributed by atoms with Crippen LogP contribution in [0.3, 0.4) is 0 Å². The van der Waals surface area contributed by atoms with E-state index < -0.39 is 23.8 Å². The van der Waals surface area contributed by atoms with Crippen LogP contribution in [0.15, 0.2) is 42.5 Å². The molecule has 1 N–H and O–H groups in total. The lowest BCUT2D eigenvalue weighted by molar-refractivity contribution is 0.0491. The Kier molecular flexibility index (Phi) is 3.40. The second-order valence-electron chi connectivity index (χ2n) is 4.94. The summed E-state index contributed by atoms with van der Waals surface area (Å²) in [5, 5.41) is 10.2. The van der Waals surface area contributed by atoms with Crippen LogP contribution in [0.4, 0.5) is 8.78 Å². The largest absolute Gasteiger partial charge is 0.487 e. The maximum Gasteiger partial charge on any atom is 0.129 e. The van der Waals surface area contributed by atoms with E-state index in [0.29, 0.717) is 6.42 Å². The minimum atomic E-state index is -0.950.